The van der Waals surface area contributed by atoms with Gasteiger partial charge in [0.1, 0.15) is 0 Å². The highest BCUT2D eigenvalue weighted by Gasteiger charge is 1.72. The largest absolute Gasteiger partial charge is 0.297 e. The van der Waals surface area contributed by atoms with E-state index in [0.717, 1.165) is 5.57 Å². The number of rotatable bonds is 2. The standard InChI is InChI=1S/C8H11N/c1-4-5-8(2)6-7-9-3/h5-7H,1H2,2-3H3/b8-6-,9-7?. The van der Waals surface area contributed by atoms with E-state index in [0.29, 0.717) is 0 Å². The van der Waals surface area contributed by atoms with Gasteiger partial charge in [0.05, 0.1) is 0 Å². The van der Waals surface area contributed by atoms with Crippen molar-refractivity contribution in [2.24, 2.45) is 4.99 Å². The molecule has 0 saturated heterocycles. The number of allylic oxidation sites excluding steroid dienone is 3. The minimum atomic E-state index is 1.11. The smallest absolute Gasteiger partial charge is 0.0277 e. The molecule has 0 fully saturated rings. The van der Waals surface area contributed by atoms with E-state index in [-0.39, 0.29) is 0 Å². The fourth-order valence-corrected chi connectivity index (χ4v) is 0.401. The predicted octanol–water partition coefficient (Wildman–Crippen LogP) is 1.97. The third kappa shape index (κ3) is 4.79. The molecule has 0 aliphatic rings. The van der Waals surface area contributed by atoms with E-state index in [1.54, 1.807) is 13.3 Å². The summed E-state index contributed by atoms with van der Waals surface area (Å²) in [6.45, 7) is 5.41. The zero-order valence-electron chi connectivity index (χ0n) is 5.89. The topological polar surface area (TPSA) is 12.4 Å². The summed E-state index contributed by atoms with van der Waals surface area (Å²) in [5.41, 5.74) is 3.78. The number of nitrogens with zero attached hydrogens (tertiary/aromatic N) is 1. The van der Waals surface area contributed by atoms with E-state index in [4.69, 9.17) is 0 Å². The molecule has 0 atom stereocenters. The van der Waals surface area contributed by atoms with Crippen LogP contribution in [0.2, 0.25) is 0 Å². The lowest BCUT2D eigenvalue weighted by Gasteiger charge is -1.81. The molecule has 0 radical (unpaired) electrons. The van der Waals surface area contributed by atoms with Crippen molar-refractivity contribution < 1.29 is 0 Å². The van der Waals surface area contributed by atoms with Crippen molar-refractivity contribution in [3.8, 4) is 0 Å². The van der Waals surface area contributed by atoms with Gasteiger partial charge >= 0.3 is 0 Å². The molecule has 1 nitrogen and oxygen atoms in total. The minimum Gasteiger partial charge on any atom is -0.297 e. The molecule has 0 unspecified atom stereocenters. The molecule has 0 N–H and O–H groups in total. The summed E-state index contributed by atoms with van der Waals surface area (Å²) in [4.78, 5) is 3.79. The molecule has 9 heavy (non-hydrogen) atoms. The van der Waals surface area contributed by atoms with Crippen molar-refractivity contribution in [2.75, 3.05) is 7.05 Å². The average molecular weight is 121 g/mol. The molecule has 0 aromatic rings. The molecular formula is C8H11N. The fraction of sp³-hybridized carbons (Fsp3) is 0.250. The molecule has 0 aliphatic heterocycles. The highest BCUT2D eigenvalue weighted by molar-refractivity contribution is 5.72. The number of hydrogen-bond donors (Lipinski definition) is 0. The van der Waals surface area contributed by atoms with Gasteiger partial charge in [-0.05, 0) is 24.6 Å². The van der Waals surface area contributed by atoms with Crippen LogP contribution in [0, 0.1) is 0 Å². The van der Waals surface area contributed by atoms with Gasteiger partial charge in [0.25, 0.3) is 0 Å². The maximum absolute atomic E-state index is 3.79. The van der Waals surface area contributed by atoms with Crippen molar-refractivity contribution in [3.63, 3.8) is 0 Å². The third-order valence-electron chi connectivity index (χ3n) is 0.816. The van der Waals surface area contributed by atoms with Gasteiger partial charge in [-0.1, -0.05) is 6.58 Å². The van der Waals surface area contributed by atoms with Gasteiger partial charge in [-0.15, -0.1) is 5.73 Å². The first-order valence-corrected chi connectivity index (χ1v) is 2.76. The van der Waals surface area contributed by atoms with Crippen LogP contribution in [0.4, 0.5) is 0 Å². The molecule has 0 spiro atoms. The number of hydrogen-bond acceptors (Lipinski definition) is 1. The first-order valence-electron chi connectivity index (χ1n) is 2.76. The van der Waals surface area contributed by atoms with Crippen molar-refractivity contribution >= 4 is 6.21 Å². The molecule has 0 saturated carbocycles. The summed E-state index contributed by atoms with van der Waals surface area (Å²) in [5.74, 6) is 0. The monoisotopic (exact) mass is 121 g/mol. The summed E-state index contributed by atoms with van der Waals surface area (Å²) in [6.07, 6.45) is 5.45. The molecule has 0 amide bonds. The first kappa shape index (κ1) is 7.93. The van der Waals surface area contributed by atoms with E-state index >= 15 is 0 Å². The number of aliphatic imine (C=N–C) groups is 1. The van der Waals surface area contributed by atoms with Crippen LogP contribution in [0.5, 0.6) is 0 Å². The summed E-state index contributed by atoms with van der Waals surface area (Å²) in [7, 11) is 1.74. The molecule has 0 heterocycles. The van der Waals surface area contributed by atoms with Crippen LogP contribution in [0.3, 0.4) is 0 Å². The van der Waals surface area contributed by atoms with Gasteiger partial charge in [0.15, 0.2) is 0 Å². The molecule has 0 bridgehead atoms. The summed E-state index contributed by atoms with van der Waals surface area (Å²) < 4.78 is 0. The van der Waals surface area contributed by atoms with E-state index < -0.39 is 0 Å². The molecule has 0 aromatic heterocycles. The van der Waals surface area contributed by atoms with E-state index in [1.165, 1.54) is 0 Å². The van der Waals surface area contributed by atoms with Crippen molar-refractivity contribution in [1.29, 1.82) is 0 Å². The Hall–Kier alpha value is -1.07. The lowest BCUT2D eigenvalue weighted by Crippen LogP contribution is -1.68. The zero-order chi connectivity index (χ0) is 7.11. The predicted molar refractivity (Wildman–Crippen MR) is 41.9 cm³/mol. The summed E-state index contributed by atoms with van der Waals surface area (Å²) in [5, 5.41) is 0. The zero-order valence-corrected chi connectivity index (χ0v) is 5.89. The Bertz CT molecular complexity index is 169. The molecule has 1 heteroatoms. The second-order valence-electron chi connectivity index (χ2n) is 1.67. The normalized spacial score (nSPS) is 11.6. The highest BCUT2D eigenvalue weighted by atomic mass is 14.6. The van der Waals surface area contributed by atoms with Crippen LogP contribution in [-0.4, -0.2) is 13.3 Å². The van der Waals surface area contributed by atoms with Crippen molar-refractivity contribution in [1.82, 2.24) is 0 Å². The second kappa shape index (κ2) is 5.07. The van der Waals surface area contributed by atoms with Gasteiger partial charge in [-0.3, -0.25) is 4.99 Å². The van der Waals surface area contributed by atoms with Crippen LogP contribution in [0.1, 0.15) is 6.92 Å². The maximum Gasteiger partial charge on any atom is 0.0277 e. The van der Waals surface area contributed by atoms with Gasteiger partial charge in [-0.25, -0.2) is 0 Å². The Labute approximate surface area is 56.1 Å². The van der Waals surface area contributed by atoms with E-state index in [2.05, 4.69) is 17.3 Å². The Morgan fingerprint density at radius 2 is 2.33 bits per heavy atom. The van der Waals surface area contributed by atoms with Crippen LogP contribution in [-0.2, 0) is 0 Å². The molecule has 0 aromatic carbocycles. The minimum absolute atomic E-state index is 1.11. The third-order valence-corrected chi connectivity index (χ3v) is 0.816. The van der Waals surface area contributed by atoms with Gasteiger partial charge in [0, 0.05) is 13.3 Å². The Morgan fingerprint density at radius 1 is 1.67 bits per heavy atom. The first-order chi connectivity index (χ1) is 4.31. The summed E-state index contributed by atoms with van der Waals surface area (Å²) in [6, 6.07) is 0. The molecule has 0 aliphatic carbocycles. The SMILES string of the molecule is C=C=C/C(C)=C\C=NC. The van der Waals surface area contributed by atoms with E-state index in [1.807, 2.05) is 19.1 Å². The Morgan fingerprint density at radius 3 is 2.78 bits per heavy atom. The van der Waals surface area contributed by atoms with Crippen molar-refractivity contribution in [2.45, 2.75) is 6.92 Å². The maximum atomic E-state index is 3.79. The molecular weight excluding hydrogens is 110 g/mol. The highest BCUT2D eigenvalue weighted by Crippen LogP contribution is 1.89. The van der Waals surface area contributed by atoms with Crippen molar-refractivity contribution in [3.05, 3.63) is 30.0 Å². The van der Waals surface area contributed by atoms with Gasteiger partial charge < -0.3 is 0 Å². The van der Waals surface area contributed by atoms with Crippen LogP contribution >= 0.6 is 0 Å². The quantitative estimate of drug-likeness (QED) is 0.301. The molecule has 48 valence electrons. The average Bonchev–Trinajstić information content (AvgIpc) is 1.85. The molecule has 0 rings (SSSR count). The fourth-order valence-electron chi connectivity index (χ4n) is 0.401. The van der Waals surface area contributed by atoms with Crippen LogP contribution < -0.4 is 0 Å². The van der Waals surface area contributed by atoms with Crippen LogP contribution in [0.15, 0.2) is 35.0 Å². The van der Waals surface area contributed by atoms with E-state index in [9.17, 15) is 0 Å². The Kier molecular flexibility index (Phi) is 4.47. The lowest BCUT2D eigenvalue weighted by molar-refractivity contribution is 1.46. The Balaban J connectivity index is 3.99. The summed E-state index contributed by atoms with van der Waals surface area (Å²) >= 11 is 0. The van der Waals surface area contributed by atoms with Gasteiger partial charge in [-0.2, -0.15) is 0 Å². The van der Waals surface area contributed by atoms with Gasteiger partial charge in [0.2, 0.25) is 0 Å². The van der Waals surface area contributed by atoms with Crippen LogP contribution in [0.25, 0.3) is 0 Å². The second-order valence-corrected chi connectivity index (χ2v) is 1.67. The lowest BCUT2D eigenvalue weighted by atomic mass is 10.3.